The Balaban J connectivity index is 2.16. The summed E-state index contributed by atoms with van der Waals surface area (Å²) in [4.78, 5) is 0. The third-order valence-electron chi connectivity index (χ3n) is 2.84. The highest BCUT2D eigenvalue weighted by Crippen LogP contribution is 2.26. The molecule has 0 aliphatic heterocycles. The Morgan fingerprint density at radius 1 is 1.17 bits per heavy atom. The van der Waals surface area contributed by atoms with Crippen LogP contribution >= 0.6 is 15.9 Å². The first-order chi connectivity index (χ1) is 8.58. The van der Waals surface area contributed by atoms with Gasteiger partial charge < -0.3 is 10.5 Å². The Hall–Kier alpha value is -1.48. The van der Waals surface area contributed by atoms with Gasteiger partial charge in [0.2, 0.25) is 0 Å². The summed E-state index contributed by atoms with van der Waals surface area (Å²) < 4.78 is 6.77. The SMILES string of the molecule is Cc1ccc(C)c(OCc2cccc(N)c2Br)c1. The summed E-state index contributed by atoms with van der Waals surface area (Å²) in [5, 5.41) is 0. The largest absolute Gasteiger partial charge is 0.489 e. The molecule has 0 atom stereocenters. The zero-order chi connectivity index (χ0) is 13.1. The van der Waals surface area contributed by atoms with Gasteiger partial charge in [-0.3, -0.25) is 0 Å². The van der Waals surface area contributed by atoms with Crippen molar-refractivity contribution in [3.05, 3.63) is 57.6 Å². The average Bonchev–Trinajstić information content (AvgIpc) is 2.35. The molecule has 0 aliphatic rings. The molecule has 3 heteroatoms. The molecule has 2 N–H and O–H groups in total. The van der Waals surface area contributed by atoms with E-state index in [0.29, 0.717) is 6.61 Å². The van der Waals surface area contributed by atoms with Crippen molar-refractivity contribution in [1.29, 1.82) is 0 Å². The monoisotopic (exact) mass is 305 g/mol. The van der Waals surface area contributed by atoms with Gasteiger partial charge in [0.15, 0.2) is 0 Å². The first-order valence-electron chi connectivity index (χ1n) is 5.81. The van der Waals surface area contributed by atoms with E-state index in [1.54, 1.807) is 0 Å². The Bertz CT molecular complexity index is 564. The first kappa shape index (κ1) is 13.0. The zero-order valence-corrected chi connectivity index (χ0v) is 12.1. The van der Waals surface area contributed by atoms with E-state index in [1.165, 1.54) is 5.56 Å². The molecule has 0 radical (unpaired) electrons. The van der Waals surface area contributed by atoms with Crippen LogP contribution in [-0.2, 0) is 6.61 Å². The molecule has 0 unspecified atom stereocenters. The number of ether oxygens (including phenoxy) is 1. The second-order valence-corrected chi connectivity index (χ2v) is 5.17. The van der Waals surface area contributed by atoms with Crippen LogP contribution in [0.3, 0.4) is 0 Å². The lowest BCUT2D eigenvalue weighted by Gasteiger charge is -2.12. The second-order valence-electron chi connectivity index (χ2n) is 4.38. The van der Waals surface area contributed by atoms with Crippen LogP contribution < -0.4 is 10.5 Å². The van der Waals surface area contributed by atoms with E-state index in [1.807, 2.05) is 25.1 Å². The molecule has 0 heterocycles. The molecule has 2 rings (SSSR count). The summed E-state index contributed by atoms with van der Waals surface area (Å²) in [6.07, 6.45) is 0. The van der Waals surface area contributed by atoms with Crippen LogP contribution in [0.4, 0.5) is 5.69 Å². The van der Waals surface area contributed by atoms with Gasteiger partial charge in [0.05, 0.1) is 0 Å². The summed E-state index contributed by atoms with van der Waals surface area (Å²) in [6.45, 7) is 4.61. The van der Waals surface area contributed by atoms with Gasteiger partial charge in [-0.1, -0.05) is 24.3 Å². The topological polar surface area (TPSA) is 35.2 Å². The van der Waals surface area contributed by atoms with E-state index in [4.69, 9.17) is 10.5 Å². The van der Waals surface area contributed by atoms with Crippen LogP contribution in [0.1, 0.15) is 16.7 Å². The minimum absolute atomic E-state index is 0.510. The number of nitrogens with two attached hydrogens (primary N) is 1. The summed E-state index contributed by atoms with van der Waals surface area (Å²) >= 11 is 3.48. The number of aryl methyl sites for hydroxylation is 2. The molecule has 0 bridgehead atoms. The predicted octanol–water partition coefficient (Wildman–Crippen LogP) is 4.23. The molecular formula is C15H16BrNO. The highest BCUT2D eigenvalue weighted by molar-refractivity contribution is 9.10. The molecule has 2 nitrogen and oxygen atoms in total. The maximum atomic E-state index is 5.85. The standard InChI is InChI=1S/C15H16BrNO/c1-10-6-7-11(2)14(8-10)18-9-12-4-3-5-13(17)15(12)16/h3-8H,9,17H2,1-2H3. The second kappa shape index (κ2) is 5.44. The van der Waals surface area contributed by atoms with Gasteiger partial charge in [-0.2, -0.15) is 0 Å². The summed E-state index contributed by atoms with van der Waals surface area (Å²) in [6, 6.07) is 12.0. The third-order valence-corrected chi connectivity index (χ3v) is 3.80. The Kier molecular flexibility index (Phi) is 3.92. The third kappa shape index (κ3) is 2.85. The molecule has 0 amide bonds. The lowest BCUT2D eigenvalue weighted by Crippen LogP contribution is -2.00. The molecular weight excluding hydrogens is 290 g/mol. The van der Waals surface area contributed by atoms with Crippen molar-refractivity contribution in [3.63, 3.8) is 0 Å². The van der Waals surface area contributed by atoms with Gasteiger partial charge in [-0.25, -0.2) is 0 Å². The van der Waals surface area contributed by atoms with Crippen molar-refractivity contribution >= 4 is 21.6 Å². The van der Waals surface area contributed by atoms with Crippen molar-refractivity contribution < 1.29 is 4.74 Å². The summed E-state index contributed by atoms with van der Waals surface area (Å²) in [7, 11) is 0. The molecule has 0 aromatic heterocycles. The van der Waals surface area contributed by atoms with Gasteiger partial charge in [-0.15, -0.1) is 0 Å². The van der Waals surface area contributed by atoms with Crippen LogP contribution in [0.25, 0.3) is 0 Å². The van der Waals surface area contributed by atoms with E-state index >= 15 is 0 Å². The van der Waals surface area contributed by atoms with Crippen molar-refractivity contribution in [2.75, 3.05) is 5.73 Å². The van der Waals surface area contributed by atoms with E-state index in [-0.39, 0.29) is 0 Å². The average molecular weight is 306 g/mol. The van der Waals surface area contributed by atoms with Gasteiger partial charge >= 0.3 is 0 Å². The zero-order valence-electron chi connectivity index (χ0n) is 10.5. The number of halogens is 1. The Morgan fingerprint density at radius 3 is 2.72 bits per heavy atom. The van der Waals surface area contributed by atoms with Gasteiger partial charge in [0.25, 0.3) is 0 Å². The molecule has 0 saturated heterocycles. The van der Waals surface area contributed by atoms with Crippen molar-refractivity contribution in [1.82, 2.24) is 0 Å². The van der Waals surface area contributed by atoms with Gasteiger partial charge in [0.1, 0.15) is 12.4 Å². The molecule has 94 valence electrons. The van der Waals surface area contributed by atoms with Crippen LogP contribution in [0.2, 0.25) is 0 Å². The number of rotatable bonds is 3. The smallest absolute Gasteiger partial charge is 0.122 e. The predicted molar refractivity (Wildman–Crippen MR) is 78.8 cm³/mol. The van der Waals surface area contributed by atoms with E-state index in [2.05, 4.69) is 41.1 Å². The highest BCUT2D eigenvalue weighted by atomic mass is 79.9. The fourth-order valence-electron chi connectivity index (χ4n) is 1.73. The maximum absolute atomic E-state index is 5.85. The fourth-order valence-corrected chi connectivity index (χ4v) is 2.11. The van der Waals surface area contributed by atoms with Gasteiger partial charge in [0, 0.05) is 15.7 Å². The number of hydrogen-bond donors (Lipinski definition) is 1. The Morgan fingerprint density at radius 2 is 1.94 bits per heavy atom. The Labute approximate surface area is 116 Å². The number of anilines is 1. The van der Waals surface area contributed by atoms with E-state index in [9.17, 15) is 0 Å². The first-order valence-corrected chi connectivity index (χ1v) is 6.60. The molecule has 2 aromatic carbocycles. The van der Waals surface area contributed by atoms with E-state index in [0.717, 1.165) is 27.0 Å². The van der Waals surface area contributed by atoms with Crippen LogP contribution in [0.5, 0.6) is 5.75 Å². The lowest BCUT2D eigenvalue weighted by molar-refractivity contribution is 0.303. The van der Waals surface area contributed by atoms with Crippen LogP contribution in [-0.4, -0.2) is 0 Å². The minimum Gasteiger partial charge on any atom is -0.489 e. The quantitative estimate of drug-likeness (QED) is 0.861. The summed E-state index contributed by atoms with van der Waals surface area (Å²) in [5.74, 6) is 0.921. The lowest BCUT2D eigenvalue weighted by atomic mass is 10.1. The van der Waals surface area contributed by atoms with Crippen LogP contribution in [0.15, 0.2) is 40.9 Å². The molecule has 2 aromatic rings. The molecule has 0 spiro atoms. The fraction of sp³-hybridized carbons (Fsp3) is 0.200. The van der Waals surface area contributed by atoms with Crippen molar-refractivity contribution in [2.24, 2.45) is 0 Å². The number of hydrogen-bond acceptors (Lipinski definition) is 2. The molecule has 0 fully saturated rings. The molecule has 18 heavy (non-hydrogen) atoms. The minimum atomic E-state index is 0.510. The molecule has 0 aliphatic carbocycles. The van der Waals surface area contributed by atoms with Crippen LogP contribution in [0, 0.1) is 13.8 Å². The maximum Gasteiger partial charge on any atom is 0.122 e. The van der Waals surface area contributed by atoms with Gasteiger partial charge in [-0.05, 0) is 53.0 Å². The highest BCUT2D eigenvalue weighted by Gasteiger charge is 2.05. The van der Waals surface area contributed by atoms with Crippen molar-refractivity contribution in [2.45, 2.75) is 20.5 Å². The molecule has 0 saturated carbocycles. The number of nitrogen functional groups attached to an aromatic ring is 1. The normalized spacial score (nSPS) is 10.4. The number of benzene rings is 2. The van der Waals surface area contributed by atoms with Crippen molar-refractivity contribution in [3.8, 4) is 5.75 Å². The summed E-state index contributed by atoms with van der Waals surface area (Å²) in [5.41, 5.74) is 9.96. The van der Waals surface area contributed by atoms with E-state index < -0.39 is 0 Å².